The molecule has 0 aliphatic rings. The van der Waals surface area contributed by atoms with Crippen molar-refractivity contribution in [1.82, 2.24) is 4.98 Å². The first-order valence-electron chi connectivity index (χ1n) is 6.87. The van der Waals surface area contributed by atoms with Gasteiger partial charge in [0.25, 0.3) is 0 Å². The van der Waals surface area contributed by atoms with E-state index in [0.29, 0.717) is 0 Å². The summed E-state index contributed by atoms with van der Waals surface area (Å²) in [5.74, 6) is 0. The van der Waals surface area contributed by atoms with Crippen LogP contribution in [-0.2, 0) is 18.8 Å². The second-order valence-corrected chi connectivity index (χ2v) is 4.94. The summed E-state index contributed by atoms with van der Waals surface area (Å²) in [6.07, 6.45) is 1.94. The quantitative estimate of drug-likeness (QED) is 0.276. The average molecular weight is 502 g/mol. The molecular formula is C19H15ClN2Pt. The van der Waals surface area contributed by atoms with E-state index in [1.807, 2.05) is 12.3 Å². The zero-order valence-corrected chi connectivity index (χ0v) is 15.3. The van der Waals surface area contributed by atoms with Crippen molar-refractivity contribution in [3.8, 4) is 11.1 Å². The number of benzene rings is 3. The van der Waals surface area contributed by atoms with Crippen LogP contribution >= 0.6 is 9.42 Å². The van der Waals surface area contributed by atoms with Crippen molar-refractivity contribution in [2.45, 2.75) is 0 Å². The van der Waals surface area contributed by atoms with Gasteiger partial charge in [0.2, 0.25) is 0 Å². The van der Waals surface area contributed by atoms with Crippen LogP contribution in [0.25, 0.3) is 39.0 Å². The van der Waals surface area contributed by atoms with E-state index in [2.05, 4.69) is 81.1 Å². The first kappa shape index (κ1) is 17.6. The van der Waals surface area contributed by atoms with Gasteiger partial charge >= 0.3 is 28.2 Å². The Morgan fingerprint density at radius 3 is 2.17 bits per heavy atom. The number of rotatable bonds is 1. The zero-order chi connectivity index (χ0) is 15.4. The molecule has 0 bridgehead atoms. The third kappa shape index (κ3) is 3.61. The minimum Gasteiger partial charge on any atom is -0.693 e. The number of hydrogen-bond donors (Lipinski definition) is 0. The van der Waals surface area contributed by atoms with Gasteiger partial charge in [0.1, 0.15) is 0 Å². The van der Waals surface area contributed by atoms with Crippen molar-refractivity contribution in [2.24, 2.45) is 0 Å². The van der Waals surface area contributed by atoms with Crippen LogP contribution in [0.4, 0.5) is 0 Å². The van der Waals surface area contributed by atoms with E-state index in [4.69, 9.17) is 0 Å². The molecule has 0 saturated heterocycles. The van der Waals surface area contributed by atoms with E-state index < -0.39 is 0 Å². The smallest absolute Gasteiger partial charge is 0.0708 e. The molecule has 118 valence electrons. The summed E-state index contributed by atoms with van der Waals surface area (Å²) < 4.78 is 0. The molecule has 2 N–H and O–H groups in total. The van der Waals surface area contributed by atoms with Crippen LogP contribution in [0.15, 0.2) is 79.0 Å². The van der Waals surface area contributed by atoms with Crippen LogP contribution in [0.2, 0.25) is 0 Å². The number of hydrogen-bond acceptors (Lipinski definition) is 1. The SMILES string of the molecule is [Cl][Pt+].[NH2-].c1ccc(-c2ccc3ncc4ccccc4c3c2)cc1. The van der Waals surface area contributed by atoms with Gasteiger partial charge in [-0.15, -0.1) is 0 Å². The predicted octanol–water partition coefficient (Wildman–Crippen LogP) is 6.46. The third-order valence-electron chi connectivity index (χ3n) is 3.70. The molecule has 4 aromatic rings. The molecule has 4 heteroatoms. The minimum absolute atomic E-state index is 0. The van der Waals surface area contributed by atoms with Gasteiger partial charge in [0.05, 0.1) is 5.52 Å². The van der Waals surface area contributed by atoms with E-state index >= 15 is 0 Å². The molecule has 0 spiro atoms. The molecule has 0 fully saturated rings. The maximum Gasteiger partial charge on any atom is 0.0708 e. The molecule has 0 radical (unpaired) electrons. The van der Waals surface area contributed by atoms with Crippen molar-refractivity contribution in [2.75, 3.05) is 0 Å². The van der Waals surface area contributed by atoms with Crippen LogP contribution in [0, 0.1) is 0 Å². The van der Waals surface area contributed by atoms with Crippen LogP contribution < -0.4 is 0 Å². The fraction of sp³-hybridized carbons (Fsp3) is 0. The second-order valence-electron chi connectivity index (χ2n) is 4.94. The Balaban J connectivity index is 0.000000617. The van der Waals surface area contributed by atoms with Gasteiger partial charge < -0.3 is 6.15 Å². The minimum atomic E-state index is 0. The molecule has 0 saturated carbocycles. The Morgan fingerprint density at radius 1 is 0.696 bits per heavy atom. The summed E-state index contributed by atoms with van der Waals surface area (Å²) >= 11 is 1.61. The topological polar surface area (TPSA) is 46.4 Å². The van der Waals surface area contributed by atoms with E-state index in [-0.39, 0.29) is 6.15 Å². The zero-order valence-electron chi connectivity index (χ0n) is 12.2. The van der Waals surface area contributed by atoms with Gasteiger partial charge in [0.15, 0.2) is 0 Å². The van der Waals surface area contributed by atoms with Crippen molar-refractivity contribution in [1.29, 1.82) is 0 Å². The molecule has 1 aromatic heterocycles. The van der Waals surface area contributed by atoms with E-state index in [1.165, 1.54) is 27.3 Å². The molecule has 23 heavy (non-hydrogen) atoms. The van der Waals surface area contributed by atoms with E-state index in [0.717, 1.165) is 5.52 Å². The van der Waals surface area contributed by atoms with Crippen molar-refractivity contribution < 1.29 is 18.8 Å². The summed E-state index contributed by atoms with van der Waals surface area (Å²) in [4.78, 5) is 4.54. The van der Waals surface area contributed by atoms with E-state index in [1.54, 1.807) is 18.8 Å². The predicted molar refractivity (Wildman–Crippen MR) is 95.8 cm³/mol. The summed E-state index contributed by atoms with van der Waals surface area (Å²) in [6.45, 7) is 0. The van der Waals surface area contributed by atoms with Gasteiger partial charge in [-0.3, -0.25) is 4.98 Å². The Bertz CT molecular complexity index is 910. The molecular weight excluding hydrogens is 487 g/mol. The number of halogens is 1. The summed E-state index contributed by atoms with van der Waals surface area (Å²) in [6, 6.07) is 25.3. The van der Waals surface area contributed by atoms with Crippen LogP contribution in [0.1, 0.15) is 0 Å². The fourth-order valence-electron chi connectivity index (χ4n) is 2.67. The maximum absolute atomic E-state index is 4.61. The number of nitrogens with two attached hydrogens (primary N) is 1. The van der Waals surface area contributed by atoms with Gasteiger partial charge in [-0.2, -0.15) is 0 Å². The number of aromatic nitrogens is 1. The molecule has 0 aliphatic carbocycles. The Labute approximate surface area is 150 Å². The molecule has 1 heterocycles. The summed E-state index contributed by atoms with van der Waals surface area (Å²) in [7, 11) is 4.61. The standard InChI is InChI=1S/C19H13N.ClH.H2N.Pt/c1-2-6-14(7-3-1)15-10-11-19-18(12-15)17-9-5-4-8-16(17)13-20-19;;;/h1-13H;1H;1H2;/q;;-1;+2/p-1. The second kappa shape index (κ2) is 8.21. The molecule has 0 atom stereocenters. The average Bonchev–Trinajstić information content (AvgIpc) is 2.63. The van der Waals surface area contributed by atoms with E-state index in [9.17, 15) is 0 Å². The summed E-state index contributed by atoms with van der Waals surface area (Å²) in [5.41, 5.74) is 3.52. The largest absolute Gasteiger partial charge is 0.693 e. The van der Waals surface area contributed by atoms with Gasteiger partial charge in [-0.1, -0.05) is 60.7 Å². The molecule has 2 nitrogen and oxygen atoms in total. The Kier molecular flexibility index (Phi) is 6.29. The first-order chi connectivity index (χ1) is 10.9. The first-order valence-corrected chi connectivity index (χ1v) is 9.68. The number of pyridine rings is 1. The number of nitrogens with zero attached hydrogens (tertiary/aromatic N) is 1. The molecule has 0 unspecified atom stereocenters. The fourth-order valence-corrected chi connectivity index (χ4v) is 2.67. The molecule has 0 amide bonds. The van der Waals surface area contributed by atoms with Crippen molar-refractivity contribution in [3.63, 3.8) is 0 Å². The van der Waals surface area contributed by atoms with Gasteiger partial charge in [-0.05, 0) is 28.6 Å². The van der Waals surface area contributed by atoms with Crippen LogP contribution in [0.3, 0.4) is 0 Å². The van der Waals surface area contributed by atoms with Crippen LogP contribution in [-0.4, -0.2) is 4.98 Å². The normalized spacial score (nSPS) is 9.87. The Hall–Kier alpha value is -1.73. The molecule has 0 aliphatic heterocycles. The van der Waals surface area contributed by atoms with Crippen LogP contribution in [0.5, 0.6) is 0 Å². The Morgan fingerprint density at radius 2 is 1.39 bits per heavy atom. The molecule has 4 rings (SSSR count). The number of fused-ring (bicyclic) bond motifs is 3. The monoisotopic (exact) mass is 501 g/mol. The van der Waals surface area contributed by atoms with Gasteiger partial charge in [-0.25, -0.2) is 0 Å². The van der Waals surface area contributed by atoms with Crippen molar-refractivity contribution >= 4 is 31.1 Å². The van der Waals surface area contributed by atoms with Crippen molar-refractivity contribution in [3.05, 3.63) is 85.1 Å². The van der Waals surface area contributed by atoms with Gasteiger partial charge in [0, 0.05) is 17.0 Å². The summed E-state index contributed by atoms with van der Waals surface area (Å²) in [5, 5.41) is 3.66. The third-order valence-corrected chi connectivity index (χ3v) is 3.70. The molecule has 3 aromatic carbocycles. The maximum atomic E-state index is 4.61.